The molecule has 39 heavy (non-hydrogen) atoms. The van der Waals surface area contributed by atoms with Gasteiger partial charge >= 0.3 is 11.9 Å². The van der Waals surface area contributed by atoms with Crippen molar-refractivity contribution in [1.29, 1.82) is 0 Å². The number of allylic oxidation sites excluding steroid dienone is 2. The van der Waals surface area contributed by atoms with E-state index in [0.717, 1.165) is 21.8 Å². The Balaban J connectivity index is 2.39. The monoisotopic (exact) mass is 592 g/mol. The number of ether oxygens (including phenoxy) is 2. The number of hydrogen-bond donors (Lipinski definition) is 3. The maximum atomic E-state index is 12.9. The first kappa shape index (κ1) is 31.6. The topological polar surface area (TPSA) is 232 Å². The van der Waals surface area contributed by atoms with E-state index in [0.29, 0.717) is 0 Å². The fourth-order valence-corrected chi connectivity index (χ4v) is 4.31. The van der Waals surface area contributed by atoms with Crippen molar-refractivity contribution in [3.8, 4) is 0 Å². The number of aryl methyl sites for hydroxylation is 1. The van der Waals surface area contributed by atoms with E-state index in [1.165, 1.54) is 13.0 Å². The number of aromatic amines is 1. The van der Waals surface area contributed by atoms with Gasteiger partial charge in [0.1, 0.15) is 0 Å². The van der Waals surface area contributed by atoms with E-state index < -0.39 is 55.1 Å². The van der Waals surface area contributed by atoms with Gasteiger partial charge in [0.15, 0.2) is 11.4 Å². The lowest BCUT2D eigenvalue weighted by Gasteiger charge is -2.10. The van der Waals surface area contributed by atoms with Crippen LogP contribution in [0.5, 0.6) is 0 Å². The van der Waals surface area contributed by atoms with Gasteiger partial charge in [-0.2, -0.15) is 21.9 Å². The van der Waals surface area contributed by atoms with Gasteiger partial charge in [0.25, 0.3) is 31.7 Å². The Morgan fingerprint density at radius 3 is 2.08 bits per heavy atom. The van der Waals surface area contributed by atoms with Gasteiger partial charge in [-0.15, -0.1) is 0 Å². The van der Waals surface area contributed by atoms with Crippen LogP contribution in [0.2, 0.25) is 0 Å². The highest BCUT2D eigenvalue weighted by atomic mass is 32.2. The zero-order valence-corrected chi connectivity index (χ0v) is 22.7. The summed E-state index contributed by atoms with van der Waals surface area (Å²) in [6.45, 7) is 2.62. The lowest BCUT2D eigenvalue weighted by atomic mass is 10.1. The SMILES string of the molecule is CCOC(=O)C1=NN(CCCS(=O)(=O)O)C(=O)/C1=C\C=C\c1c(C(=O)OCC)[nH]n(CCCS(=O)(=O)O)c1=O. The highest BCUT2D eigenvalue weighted by Crippen LogP contribution is 2.18. The number of amides is 1. The molecule has 16 nitrogen and oxygen atoms in total. The number of aromatic nitrogens is 2. The molecule has 216 valence electrons. The third-order valence-corrected chi connectivity index (χ3v) is 6.57. The first-order valence-corrected chi connectivity index (χ1v) is 14.8. The number of carbonyl (C=O) groups is 3. The summed E-state index contributed by atoms with van der Waals surface area (Å²) in [6, 6.07) is 0. The zero-order valence-electron chi connectivity index (χ0n) is 21.0. The van der Waals surface area contributed by atoms with Crippen LogP contribution in [0.3, 0.4) is 0 Å². The quantitative estimate of drug-likeness (QED) is 0.142. The molecule has 1 aromatic rings. The Bertz CT molecular complexity index is 1470. The molecular formula is C21H28N4O12S2. The first-order chi connectivity index (χ1) is 18.2. The van der Waals surface area contributed by atoms with Crippen molar-refractivity contribution in [2.45, 2.75) is 33.2 Å². The number of nitrogens with one attached hydrogen (secondary N) is 1. The number of H-pyrrole nitrogens is 1. The van der Waals surface area contributed by atoms with Crippen molar-refractivity contribution in [1.82, 2.24) is 14.8 Å². The number of hydrazone groups is 1. The van der Waals surface area contributed by atoms with Crippen molar-refractivity contribution < 1.29 is 49.8 Å². The standard InChI is InChI=1S/C21H28N4O12S2/c1-3-36-20(28)16-14(18(26)24(22-16)10-6-12-38(30,31)32)8-5-9-15-17(21(29)37-4-2)23-25(19(15)27)11-7-13-39(33,34)35/h5,8-9,22H,3-4,6-7,10-13H2,1-2H3,(H,30,31,32)(H,33,34,35)/b8-5+,15-9-. The van der Waals surface area contributed by atoms with Crippen LogP contribution in [0.4, 0.5) is 0 Å². The molecule has 3 N–H and O–H groups in total. The van der Waals surface area contributed by atoms with Gasteiger partial charge in [-0.1, -0.05) is 6.08 Å². The van der Waals surface area contributed by atoms with Gasteiger partial charge in [0, 0.05) is 13.1 Å². The molecule has 1 aliphatic rings. The van der Waals surface area contributed by atoms with Crippen LogP contribution in [0.15, 0.2) is 27.6 Å². The van der Waals surface area contributed by atoms with Gasteiger partial charge in [-0.25, -0.2) is 14.6 Å². The minimum absolute atomic E-state index is 0.0106. The second-order valence-corrected chi connectivity index (χ2v) is 11.0. The van der Waals surface area contributed by atoms with Crippen molar-refractivity contribution in [3.63, 3.8) is 0 Å². The number of nitrogens with zero attached hydrogens (tertiary/aromatic N) is 3. The summed E-state index contributed by atoms with van der Waals surface area (Å²) in [7, 11) is -8.55. The minimum atomic E-state index is -4.28. The third kappa shape index (κ3) is 9.27. The fraction of sp³-hybridized carbons (Fsp3) is 0.476. The van der Waals surface area contributed by atoms with E-state index in [1.54, 1.807) is 6.92 Å². The van der Waals surface area contributed by atoms with Crippen LogP contribution in [0, 0.1) is 0 Å². The van der Waals surface area contributed by atoms with Crippen molar-refractivity contribution in [3.05, 3.63) is 39.3 Å². The lowest BCUT2D eigenvalue weighted by molar-refractivity contribution is -0.135. The normalized spacial score (nSPS) is 15.3. The summed E-state index contributed by atoms with van der Waals surface area (Å²) in [5.74, 6) is -3.85. The van der Waals surface area contributed by atoms with E-state index in [2.05, 4.69) is 10.2 Å². The molecule has 0 radical (unpaired) electrons. The Labute approximate surface area is 223 Å². The predicted octanol–water partition coefficient (Wildman–Crippen LogP) is -0.390. The van der Waals surface area contributed by atoms with Crippen LogP contribution in [0.25, 0.3) is 6.08 Å². The summed E-state index contributed by atoms with van der Waals surface area (Å²) in [5.41, 5.74) is -1.79. The Hall–Kier alpha value is -3.61. The molecule has 18 heteroatoms. The van der Waals surface area contributed by atoms with E-state index in [-0.39, 0.29) is 61.7 Å². The van der Waals surface area contributed by atoms with E-state index in [4.69, 9.17) is 18.6 Å². The zero-order chi connectivity index (χ0) is 29.4. The molecule has 0 atom stereocenters. The third-order valence-electron chi connectivity index (χ3n) is 4.96. The molecule has 1 aromatic heterocycles. The number of carbonyl (C=O) groups excluding carboxylic acids is 3. The Kier molecular flexibility index (Phi) is 10.9. The maximum absolute atomic E-state index is 12.9. The molecule has 0 saturated carbocycles. The molecule has 1 amide bonds. The molecule has 2 rings (SSSR count). The molecule has 0 unspecified atom stereocenters. The van der Waals surface area contributed by atoms with Crippen molar-refractivity contribution >= 4 is 49.9 Å². The van der Waals surface area contributed by atoms with Gasteiger partial charge in [0.05, 0.1) is 35.9 Å². The summed E-state index contributed by atoms with van der Waals surface area (Å²) < 4.78 is 72.4. The second-order valence-electron chi connectivity index (χ2n) is 7.89. The molecule has 0 aromatic carbocycles. The number of hydrogen-bond acceptors (Lipinski definition) is 11. The Morgan fingerprint density at radius 2 is 1.51 bits per heavy atom. The maximum Gasteiger partial charge on any atom is 0.359 e. The lowest BCUT2D eigenvalue weighted by Crippen LogP contribution is -2.25. The van der Waals surface area contributed by atoms with Crippen LogP contribution in [-0.4, -0.2) is 95.6 Å². The molecule has 1 aliphatic heterocycles. The molecular weight excluding hydrogens is 564 g/mol. The molecule has 0 spiro atoms. The summed E-state index contributed by atoms with van der Waals surface area (Å²) in [5, 5.41) is 7.26. The molecule has 0 fully saturated rings. The fourth-order valence-electron chi connectivity index (χ4n) is 3.32. The van der Waals surface area contributed by atoms with Crippen LogP contribution in [0.1, 0.15) is 42.7 Å². The van der Waals surface area contributed by atoms with E-state index in [9.17, 15) is 36.0 Å². The molecule has 0 saturated heterocycles. The number of esters is 2. The van der Waals surface area contributed by atoms with Crippen molar-refractivity contribution in [2.75, 3.05) is 31.3 Å². The van der Waals surface area contributed by atoms with E-state index >= 15 is 0 Å². The van der Waals surface area contributed by atoms with Gasteiger partial charge in [0.2, 0.25) is 0 Å². The summed E-state index contributed by atoms with van der Waals surface area (Å²) in [4.78, 5) is 50.4. The summed E-state index contributed by atoms with van der Waals surface area (Å²) >= 11 is 0. The second kappa shape index (κ2) is 13.5. The molecule has 0 aliphatic carbocycles. The van der Waals surface area contributed by atoms with E-state index in [1.807, 2.05) is 0 Å². The summed E-state index contributed by atoms with van der Waals surface area (Å²) in [6.07, 6.45) is 3.19. The predicted molar refractivity (Wildman–Crippen MR) is 136 cm³/mol. The highest BCUT2D eigenvalue weighted by Gasteiger charge is 2.34. The van der Waals surface area contributed by atoms with Gasteiger partial charge < -0.3 is 9.47 Å². The number of rotatable bonds is 14. The van der Waals surface area contributed by atoms with Crippen molar-refractivity contribution in [2.24, 2.45) is 5.10 Å². The largest absolute Gasteiger partial charge is 0.461 e. The smallest absolute Gasteiger partial charge is 0.359 e. The highest BCUT2D eigenvalue weighted by molar-refractivity contribution is 7.86. The van der Waals surface area contributed by atoms with Crippen LogP contribution >= 0.6 is 0 Å². The minimum Gasteiger partial charge on any atom is -0.461 e. The van der Waals surface area contributed by atoms with Crippen LogP contribution < -0.4 is 5.56 Å². The van der Waals surface area contributed by atoms with Gasteiger partial charge in [-0.05, 0) is 38.8 Å². The first-order valence-electron chi connectivity index (χ1n) is 11.5. The van der Waals surface area contributed by atoms with Gasteiger partial charge in [-0.3, -0.25) is 28.5 Å². The molecule has 0 bridgehead atoms. The Morgan fingerprint density at radius 1 is 0.949 bits per heavy atom. The average molecular weight is 593 g/mol. The van der Waals surface area contributed by atoms with Crippen LogP contribution in [-0.2, 0) is 45.8 Å². The molecule has 2 heterocycles. The average Bonchev–Trinajstić information content (AvgIpc) is 3.30.